The highest BCUT2D eigenvalue weighted by Gasteiger charge is 2.12. The lowest BCUT2D eigenvalue weighted by atomic mass is 10.1. The van der Waals surface area contributed by atoms with Crippen LogP contribution >= 0.6 is 0 Å². The maximum Gasteiger partial charge on any atom is 0.123 e. The molecule has 1 fully saturated rings. The molecule has 1 aliphatic heterocycles. The number of benzene rings is 1. The summed E-state index contributed by atoms with van der Waals surface area (Å²) in [5.74, 6) is -0.180. The second kappa shape index (κ2) is 6.12. The standard InChI is InChI=1S/C14H20FNO/c1-11-8-13(15)6-5-12(11)9-17-10-14-4-2-3-7-16-14/h5-6,8,14,16H,2-4,7,9-10H2,1H3. The van der Waals surface area contributed by atoms with Gasteiger partial charge in [0.2, 0.25) is 0 Å². The molecular formula is C14H20FNO. The van der Waals surface area contributed by atoms with Crippen molar-refractivity contribution in [3.63, 3.8) is 0 Å². The van der Waals surface area contributed by atoms with Gasteiger partial charge in [0, 0.05) is 6.04 Å². The van der Waals surface area contributed by atoms with Crippen molar-refractivity contribution in [1.82, 2.24) is 5.32 Å². The Kier molecular flexibility index (Phi) is 4.51. The Hall–Kier alpha value is -0.930. The van der Waals surface area contributed by atoms with E-state index in [1.54, 1.807) is 12.1 Å². The average molecular weight is 237 g/mol. The average Bonchev–Trinajstić information content (AvgIpc) is 2.33. The lowest BCUT2D eigenvalue weighted by Gasteiger charge is -2.23. The first-order valence-electron chi connectivity index (χ1n) is 6.32. The molecule has 94 valence electrons. The van der Waals surface area contributed by atoms with Crippen LogP contribution in [0.2, 0.25) is 0 Å². The van der Waals surface area contributed by atoms with Crippen LogP contribution in [0.25, 0.3) is 0 Å². The molecule has 1 N–H and O–H groups in total. The van der Waals surface area contributed by atoms with Crippen molar-refractivity contribution in [3.8, 4) is 0 Å². The topological polar surface area (TPSA) is 21.3 Å². The maximum atomic E-state index is 12.9. The molecular weight excluding hydrogens is 217 g/mol. The molecule has 2 nitrogen and oxygen atoms in total. The van der Waals surface area contributed by atoms with Crippen molar-refractivity contribution < 1.29 is 9.13 Å². The Bertz CT molecular complexity index is 361. The first kappa shape index (κ1) is 12.5. The quantitative estimate of drug-likeness (QED) is 0.869. The van der Waals surface area contributed by atoms with E-state index in [0.29, 0.717) is 12.6 Å². The monoisotopic (exact) mass is 237 g/mol. The van der Waals surface area contributed by atoms with E-state index in [-0.39, 0.29) is 5.82 Å². The summed E-state index contributed by atoms with van der Waals surface area (Å²) in [5, 5.41) is 3.44. The molecule has 0 aromatic heterocycles. The molecule has 1 aromatic carbocycles. The van der Waals surface area contributed by atoms with Crippen molar-refractivity contribution in [2.75, 3.05) is 13.2 Å². The van der Waals surface area contributed by atoms with Gasteiger partial charge in [-0.05, 0) is 49.6 Å². The van der Waals surface area contributed by atoms with E-state index in [1.165, 1.54) is 25.3 Å². The van der Waals surface area contributed by atoms with E-state index in [0.717, 1.165) is 24.3 Å². The minimum atomic E-state index is -0.180. The van der Waals surface area contributed by atoms with E-state index in [4.69, 9.17) is 4.74 Å². The maximum absolute atomic E-state index is 12.9. The molecule has 0 spiro atoms. The van der Waals surface area contributed by atoms with Crippen molar-refractivity contribution in [1.29, 1.82) is 0 Å². The van der Waals surface area contributed by atoms with Crippen molar-refractivity contribution in [2.45, 2.75) is 38.8 Å². The van der Waals surface area contributed by atoms with Gasteiger partial charge in [-0.3, -0.25) is 0 Å². The summed E-state index contributed by atoms with van der Waals surface area (Å²) >= 11 is 0. The molecule has 0 aliphatic carbocycles. The Morgan fingerprint density at radius 2 is 2.29 bits per heavy atom. The molecule has 17 heavy (non-hydrogen) atoms. The molecule has 0 saturated carbocycles. The number of ether oxygens (including phenoxy) is 1. The first-order chi connectivity index (χ1) is 8.25. The van der Waals surface area contributed by atoms with Crippen LogP contribution < -0.4 is 5.32 Å². The smallest absolute Gasteiger partial charge is 0.123 e. The Morgan fingerprint density at radius 1 is 1.41 bits per heavy atom. The molecule has 0 bridgehead atoms. The van der Waals surface area contributed by atoms with Gasteiger partial charge in [0.25, 0.3) is 0 Å². The third-order valence-electron chi connectivity index (χ3n) is 3.29. The molecule has 0 amide bonds. The summed E-state index contributed by atoms with van der Waals surface area (Å²) in [6.45, 7) is 4.34. The highest BCUT2D eigenvalue weighted by atomic mass is 19.1. The van der Waals surface area contributed by atoms with Crippen LogP contribution in [0, 0.1) is 12.7 Å². The number of hydrogen-bond acceptors (Lipinski definition) is 2. The van der Waals surface area contributed by atoms with Crippen molar-refractivity contribution >= 4 is 0 Å². The Labute approximate surface area is 102 Å². The lowest BCUT2D eigenvalue weighted by Crippen LogP contribution is -2.37. The molecule has 1 atom stereocenters. The number of aryl methyl sites for hydroxylation is 1. The van der Waals surface area contributed by atoms with Crippen molar-refractivity contribution in [2.24, 2.45) is 0 Å². The van der Waals surface area contributed by atoms with Gasteiger partial charge in [-0.1, -0.05) is 12.5 Å². The molecule has 2 rings (SSSR count). The van der Waals surface area contributed by atoms with E-state index in [9.17, 15) is 4.39 Å². The van der Waals surface area contributed by atoms with Gasteiger partial charge < -0.3 is 10.1 Å². The highest BCUT2D eigenvalue weighted by Crippen LogP contribution is 2.12. The minimum Gasteiger partial charge on any atom is -0.375 e. The van der Waals surface area contributed by atoms with Crippen LogP contribution in [0.15, 0.2) is 18.2 Å². The number of piperidine rings is 1. The van der Waals surface area contributed by atoms with Crippen LogP contribution in [0.3, 0.4) is 0 Å². The highest BCUT2D eigenvalue weighted by molar-refractivity contribution is 5.25. The van der Waals surface area contributed by atoms with Gasteiger partial charge in [-0.25, -0.2) is 4.39 Å². The minimum absolute atomic E-state index is 0.180. The van der Waals surface area contributed by atoms with Gasteiger partial charge in [0.1, 0.15) is 5.82 Å². The largest absolute Gasteiger partial charge is 0.375 e. The zero-order valence-electron chi connectivity index (χ0n) is 10.3. The summed E-state index contributed by atoms with van der Waals surface area (Å²) in [7, 11) is 0. The molecule has 3 heteroatoms. The van der Waals surface area contributed by atoms with E-state index >= 15 is 0 Å². The molecule has 1 saturated heterocycles. The van der Waals surface area contributed by atoms with E-state index < -0.39 is 0 Å². The van der Waals surface area contributed by atoms with Gasteiger partial charge in [0.05, 0.1) is 13.2 Å². The van der Waals surface area contributed by atoms with Gasteiger partial charge in [-0.15, -0.1) is 0 Å². The van der Waals surface area contributed by atoms with Gasteiger partial charge in [-0.2, -0.15) is 0 Å². The Morgan fingerprint density at radius 3 is 3.00 bits per heavy atom. The number of hydrogen-bond donors (Lipinski definition) is 1. The summed E-state index contributed by atoms with van der Waals surface area (Å²) in [5.41, 5.74) is 2.03. The van der Waals surface area contributed by atoms with E-state index in [2.05, 4.69) is 5.32 Å². The van der Waals surface area contributed by atoms with Crippen molar-refractivity contribution in [3.05, 3.63) is 35.1 Å². The molecule has 1 aliphatic rings. The summed E-state index contributed by atoms with van der Waals surface area (Å²) in [6.07, 6.45) is 3.76. The summed E-state index contributed by atoms with van der Waals surface area (Å²) < 4.78 is 18.6. The van der Waals surface area contributed by atoms with Gasteiger partial charge in [0.15, 0.2) is 0 Å². The number of rotatable bonds is 4. The number of nitrogens with one attached hydrogen (secondary N) is 1. The van der Waals surface area contributed by atoms with Crippen LogP contribution in [-0.2, 0) is 11.3 Å². The van der Waals surface area contributed by atoms with Gasteiger partial charge >= 0.3 is 0 Å². The third-order valence-corrected chi connectivity index (χ3v) is 3.29. The predicted molar refractivity (Wildman–Crippen MR) is 66.4 cm³/mol. The second-order valence-electron chi connectivity index (χ2n) is 4.73. The fourth-order valence-corrected chi connectivity index (χ4v) is 2.20. The predicted octanol–water partition coefficient (Wildman–Crippen LogP) is 2.79. The molecule has 1 unspecified atom stereocenters. The normalized spacial score (nSPS) is 20.5. The SMILES string of the molecule is Cc1cc(F)ccc1COCC1CCCCN1. The molecule has 1 heterocycles. The molecule has 0 radical (unpaired) electrons. The van der Waals surface area contributed by atoms with E-state index in [1.807, 2.05) is 6.92 Å². The zero-order valence-corrected chi connectivity index (χ0v) is 10.3. The fraction of sp³-hybridized carbons (Fsp3) is 0.571. The zero-order chi connectivity index (χ0) is 12.1. The van der Waals surface area contributed by atoms with Crippen LogP contribution in [0.1, 0.15) is 30.4 Å². The lowest BCUT2D eigenvalue weighted by molar-refractivity contribution is 0.0908. The third kappa shape index (κ3) is 3.79. The van der Waals surface area contributed by atoms with Crippen LogP contribution in [-0.4, -0.2) is 19.2 Å². The van der Waals surface area contributed by atoms with Crippen LogP contribution in [0.4, 0.5) is 4.39 Å². The molecule has 1 aromatic rings. The Balaban J connectivity index is 1.77. The fourth-order valence-electron chi connectivity index (χ4n) is 2.20. The first-order valence-corrected chi connectivity index (χ1v) is 6.32. The van der Waals surface area contributed by atoms with Crippen LogP contribution in [0.5, 0.6) is 0 Å². The summed E-state index contributed by atoms with van der Waals surface area (Å²) in [4.78, 5) is 0. The number of halogens is 1. The second-order valence-corrected chi connectivity index (χ2v) is 4.73. The summed E-state index contributed by atoms with van der Waals surface area (Å²) in [6, 6.07) is 5.34.